The summed E-state index contributed by atoms with van der Waals surface area (Å²) in [6.07, 6.45) is 0. The predicted molar refractivity (Wildman–Crippen MR) is 73.2 cm³/mol. The van der Waals surface area contributed by atoms with E-state index in [4.69, 9.17) is 17.3 Å². The van der Waals surface area contributed by atoms with Crippen LogP contribution >= 0.6 is 27.5 Å². The number of hydrogen-bond acceptors (Lipinski definition) is 2. The van der Waals surface area contributed by atoms with Gasteiger partial charge in [-0.05, 0) is 36.4 Å². The van der Waals surface area contributed by atoms with E-state index in [-0.39, 0.29) is 5.82 Å². The second kappa shape index (κ2) is 4.94. The summed E-state index contributed by atoms with van der Waals surface area (Å²) in [6.45, 7) is 0. The summed E-state index contributed by atoms with van der Waals surface area (Å²) in [5, 5.41) is 3.62. The zero-order chi connectivity index (χ0) is 12.4. The average molecular weight is 316 g/mol. The van der Waals surface area contributed by atoms with Gasteiger partial charge in [-0.1, -0.05) is 27.5 Å². The Labute approximate surface area is 112 Å². The van der Waals surface area contributed by atoms with Crippen LogP contribution in [0.1, 0.15) is 0 Å². The first kappa shape index (κ1) is 12.2. The first-order chi connectivity index (χ1) is 8.06. The van der Waals surface area contributed by atoms with Gasteiger partial charge in [-0.2, -0.15) is 0 Å². The van der Waals surface area contributed by atoms with E-state index in [2.05, 4.69) is 21.2 Å². The molecule has 0 aliphatic carbocycles. The number of rotatable bonds is 2. The van der Waals surface area contributed by atoms with Crippen LogP contribution in [0.2, 0.25) is 5.02 Å². The van der Waals surface area contributed by atoms with Crippen molar-refractivity contribution >= 4 is 44.6 Å². The maximum Gasteiger partial charge on any atom is 0.125 e. The predicted octanol–water partition coefficient (Wildman–Crippen LogP) is 4.57. The Morgan fingerprint density at radius 3 is 2.59 bits per heavy atom. The lowest BCUT2D eigenvalue weighted by molar-refractivity contribution is 0.628. The van der Waals surface area contributed by atoms with Gasteiger partial charge in [0.25, 0.3) is 0 Å². The molecule has 2 nitrogen and oxygen atoms in total. The number of anilines is 3. The smallest absolute Gasteiger partial charge is 0.125 e. The van der Waals surface area contributed by atoms with Gasteiger partial charge < -0.3 is 11.1 Å². The van der Waals surface area contributed by atoms with Crippen LogP contribution < -0.4 is 11.1 Å². The highest BCUT2D eigenvalue weighted by molar-refractivity contribution is 9.10. The van der Waals surface area contributed by atoms with Crippen molar-refractivity contribution in [2.75, 3.05) is 11.1 Å². The minimum absolute atomic E-state index is 0.334. The van der Waals surface area contributed by atoms with Gasteiger partial charge in [0.05, 0.1) is 22.1 Å². The van der Waals surface area contributed by atoms with Crippen molar-refractivity contribution < 1.29 is 4.39 Å². The summed E-state index contributed by atoms with van der Waals surface area (Å²) in [4.78, 5) is 0. The van der Waals surface area contributed by atoms with Gasteiger partial charge in [0.15, 0.2) is 0 Å². The van der Waals surface area contributed by atoms with E-state index in [1.54, 1.807) is 12.1 Å². The van der Waals surface area contributed by atoms with Crippen molar-refractivity contribution in [1.82, 2.24) is 0 Å². The van der Waals surface area contributed by atoms with E-state index < -0.39 is 0 Å². The molecule has 2 aromatic rings. The zero-order valence-corrected chi connectivity index (χ0v) is 11.0. The molecule has 0 saturated carbocycles. The molecular formula is C12H9BrClFN2. The van der Waals surface area contributed by atoms with Crippen molar-refractivity contribution in [2.45, 2.75) is 0 Å². The standard InChI is InChI=1S/C12H9BrClFN2/c13-7-1-3-9(14)12(5-7)17-11-4-2-8(15)6-10(11)16/h1-6,17H,16H2. The van der Waals surface area contributed by atoms with E-state index in [9.17, 15) is 4.39 Å². The summed E-state index contributed by atoms with van der Waals surface area (Å²) in [5.74, 6) is -0.367. The van der Waals surface area contributed by atoms with Crippen LogP contribution in [0, 0.1) is 5.82 Å². The first-order valence-electron chi connectivity index (χ1n) is 4.83. The molecule has 0 bridgehead atoms. The molecule has 17 heavy (non-hydrogen) atoms. The van der Waals surface area contributed by atoms with Crippen molar-refractivity contribution in [2.24, 2.45) is 0 Å². The van der Waals surface area contributed by atoms with Gasteiger partial charge in [-0.25, -0.2) is 4.39 Å². The molecule has 0 aromatic heterocycles. The summed E-state index contributed by atoms with van der Waals surface area (Å²) >= 11 is 9.38. The highest BCUT2D eigenvalue weighted by Gasteiger charge is 2.05. The number of hydrogen-bond donors (Lipinski definition) is 2. The Morgan fingerprint density at radius 2 is 1.88 bits per heavy atom. The fourth-order valence-corrected chi connectivity index (χ4v) is 1.91. The Balaban J connectivity index is 2.34. The molecule has 0 atom stereocenters. The van der Waals surface area contributed by atoms with E-state index in [0.29, 0.717) is 22.1 Å². The molecule has 0 unspecified atom stereocenters. The highest BCUT2D eigenvalue weighted by atomic mass is 79.9. The van der Waals surface area contributed by atoms with Gasteiger partial charge in [0.2, 0.25) is 0 Å². The molecule has 0 fully saturated rings. The molecule has 3 N–H and O–H groups in total. The van der Waals surface area contributed by atoms with Gasteiger partial charge in [-0.3, -0.25) is 0 Å². The number of nitrogens with one attached hydrogen (secondary N) is 1. The van der Waals surface area contributed by atoms with Gasteiger partial charge in [-0.15, -0.1) is 0 Å². The lowest BCUT2D eigenvalue weighted by Crippen LogP contribution is -1.97. The maximum atomic E-state index is 12.9. The van der Waals surface area contributed by atoms with Crippen molar-refractivity contribution in [3.63, 3.8) is 0 Å². The van der Waals surface area contributed by atoms with Crippen LogP contribution in [0.3, 0.4) is 0 Å². The number of nitrogens with two attached hydrogens (primary N) is 1. The summed E-state index contributed by atoms with van der Waals surface area (Å²) < 4.78 is 13.8. The molecule has 0 saturated heterocycles. The third kappa shape index (κ3) is 2.90. The lowest BCUT2D eigenvalue weighted by Gasteiger charge is -2.11. The molecule has 2 rings (SSSR count). The number of halogens is 3. The van der Waals surface area contributed by atoms with Crippen LogP contribution in [0.25, 0.3) is 0 Å². The van der Waals surface area contributed by atoms with Crippen LogP contribution in [0.15, 0.2) is 40.9 Å². The second-order valence-corrected chi connectivity index (χ2v) is 4.80. The Bertz CT molecular complexity index is 560. The molecule has 5 heteroatoms. The van der Waals surface area contributed by atoms with Crippen LogP contribution in [0.5, 0.6) is 0 Å². The molecule has 2 aromatic carbocycles. The van der Waals surface area contributed by atoms with E-state index in [1.165, 1.54) is 12.1 Å². The van der Waals surface area contributed by atoms with Crippen molar-refractivity contribution in [3.05, 3.63) is 51.7 Å². The quantitative estimate of drug-likeness (QED) is 0.797. The summed E-state index contributed by atoms with van der Waals surface area (Å²) in [5.41, 5.74) is 7.36. The minimum atomic E-state index is -0.367. The van der Waals surface area contributed by atoms with E-state index in [1.807, 2.05) is 12.1 Å². The largest absolute Gasteiger partial charge is 0.397 e. The summed E-state index contributed by atoms with van der Waals surface area (Å²) in [7, 11) is 0. The lowest BCUT2D eigenvalue weighted by atomic mass is 10.2. The minimum Gasteiger partial charge on any atom is -0.397 e. The van der Waals surface area contributed by atoms with Crippen molar-refractivity contribution in [3.8, 4) is 0 Å². The van der Waals surface area contributed by atoms with Gasteiger partial charge in [0.1, 0.15) is 5.82 Å². The molecule has 0 spiro atoms. The topological polar surface area (TPSA) is 38.0 Å². The molecular weight excluding hydrogens is 307 g/mol. The van der Waals surface area contributed by atoms with E-state index in [0.717, 1.165) is 4.47 Å². The summed E-state index contributed by atoms with van der Waals surface area (Å²) in [6, 6.07) is 9.58. The van der Waals surface area contributed by atoms with E-state index >= 15 is 0 Å². The SMILES string of the molecule is Nc1cc(F)ccc1Nc1cc(Br)ccc1Cl. The maximum absolute atomic E-state index is 12.9. The third-order valence-corrected chi connectivity index (χ3v) is 3.03. The fourth-order valence-electron chi connectivity index (χ4n) is 1.39. The molecule has 88 valence electrons. The Morgan fingerprint density at radius 1 is 1.12 bits per heavy atom. The molecule has 0 radical (unpaired) electrons. The van der Waals surface area contributed by atoms with Crippen molar-refractivity contribution in [1.29, 1.82) is 0 Å². The van der Waals surface area contributed by atoms with Gasteiger partial charge >= 0.3 is 0 Å². The molecule has 0 aliphatic rings. The normalized spacial score (nSPS) is 10.3. The van der Waals surface area contributed by atoms with Crippen LogP contribution in [-0.2, 0) is 0 Å². The number of nitrogen functional groups attached to an aromatic ring is 1. The Kier molecular flexibility index (Phi) is 3.54. The monoisotopic (exact) mass is 314 g/mol. The fraction of sp³-hybridized carbons (Fsp3) is 0. The second-order valence-electron chi connectivity index (χ2n) is 3.48. The third-order valence-electron chi connectivity index (χ3n) is 2.21. The van der Waals surface area contributed by atoms with Gasteiger partial charge in [0, 0.05) is 4.47 Å². The molecule has 0 aliphatic heterocycles. The number of benzene rings is 2. The zero-order valence-electron chi connectivity index (χ0n) is 8.68. The Hall–Kier alpha value is -1.26. The molecule has 0 heterocycles. The highest BCUT2D eigenvalue weighted by Crippen LogP contribution is 2.30. The first-order valence-corrected chi connectivity index (χ1v) is 6.00. The average Bonchev–Trinajstić information content (AvgIpc) is 2.27. The molecule has 0 amide bonds. The van der Waals surface area contributed by atoms with Crippen LogP contribution in [-0.4, -0.2) is 0 Å². The van der Waals surface area contributed by atoms with Crippen LogP contribution in [0.4, 0.5) is 21.5 Å².